The van der Waals surface area contributed by atoms with Gasteiger partial charge in [-0.3, -0.25) is 4.79 Å². The van der Waals surface area contributed by atoms with Crippen LogP contribution in [0, 0.1) is 0 Å². The number of benzene rings is 1. The van der Waals surface area contributed by atoms with Gasteiger partial charge in [-0.15, -0.1) is 0 Å². The topological polar surface area (TPSA) is 102 Å². The molecular formula is C18H28N4O4S. The van der Waals surface area contributed by atoms with Crippen LogP contribution in [0.5, 0.6) is 0 Å². The van der Waals surface area contributed by atoms with Crippen molar-refractivity contribution in [2.24, 2.45) is 0 Å². The molecular weight excluding hydrogens is 368 g/mol. The smallest absolute Gasteiger partial charge is 0.253 e. The molecule has 2 aliphatic heterocycles. The minimum absolute atomic E-state index is 0.0388. The second kappa shape index (κ2) is 9.11. The average Bonchev–Trinajstić information content (AvgIpc) is 3.20. The van der Waals surface area contributed by atoms with Gasteiger partial charge >= 0.3 is 0 Å². The molecule has 0 spiro atoms. The van der Waals surface area contributed by atoms with Crippen LogP contribution in [-0.4, -0.2) is 87.7 Å². The molecule has 0 radical (unpaired) electrons. The Hall–Kier alpha value is -1.52. The highest BCUT2D eigenvalue weighted by Gasteiger charge is 2.22. The molecule has 1 aromatic carbocycles. The Morgan fingerprint density at radius 3 is 2.59 bits per heavy atom. The predicted octanol–water partition coefficient (Wildman–Crippen LogP) is -0.533. The second-order valence-corrected chi connectivity index (χ2v) is 8.85. The molecule has 27 heavy (non-hydrogen) atoms. The lowest BCUT2D eigenvalue weighted by molar-refractivity contribution is 0.0735. The summed E-state index contributed by atoms with van der Waals surface area (Å²) < 4.78 is 27.6. The van der Waals surface area contributed by atoms with E-state index in [0.717, 1.165) is 39.0 Å². The van der Waals surface area contributed by atoms with Crippen molar-refractivity contribution >= 4 is 15.9 Å². The zero-order valence-electron chi connectivity index (χ0n) is 15.4. The third kappa shape index (κ3) is 5.49. The summed E-state index contributed by atoms with van der Waals surface area (Å²) in [5.74, 6) is -0.164. The number of likely N-dealkylation sites (tertiary alicyclic amines) is 1. The van der Waals surface area contributed by atoms with E-state index in [1.807, 2.05) is 0 Å². The normalized spacial score (nSPS) is 20.0. The van der Waals surface area contributed by atoms with Gasteiger partial charge in [0, 0.05) is 44.8 Å². The van der Waals surface area contributed by atoms with Crippen molar-refractivity contribution in [3.8, 4) is 0 Å². The van der Waals surface area contributed by atoms with Crippen LogP contribution < -0.4 is 10.0 Å². The Bertz CT molecular complexity index is 743. The van der Waals surface area contributed by atoms with Gasteiger partial charge in [-0.05, 0) is 44.1 Å². The van der Waals surface area contributed by atoms with Crippen molar-refractivity contribution in [1.29, 1.82) is 0 Å². The highest BCUT2D eigenvalue weighted by Crippen LogP contribution is 2.14. The molecule has 2 fully saturated rings. The zero-order chi connectivity index (χ0) is 19.3. The third-order valence-electron chi connectivity index (χ3n) is 4.97. The molecule has 3 N–H and O–H groups in total. The number of nitrogens with zero attached hydrogens (tertiary/aromatic N) is 2. The van der Waals surface area contributed by atoms with Crippen molar-refractivity contribution in [2.75, 3.05) is 52.4 Å². The van der Waals surface area contributed by atoms with E-state index in [0.29, 0.717) is 25.2 Å². The van der Waals surface area contributed by atoms with Gasteiger partial charge < -0.3 is 20.2 Å². The van der Waals surface area contributed by atoms with E-state index >= 15 is 0 Å². The van der Waals surface area contributed by atoms with Crippen LogP contribution in [0.25, 0.3) is 0 Å². The summed E-state index contributed by atoms with van der Waals surface area (Å²) in [4.78, 5) is 16.5. The van der Waals surface area contributed by atoms with Gasteiger partial charge in [-0.25, -0.2) is 13.1 Å². The summed E-state index contributed by atoms with van der Waals surface area (Å²) in [5, 5.41) is 13.3. The number of carbonyl (C=O) groups is 1. The number of rotatable bonds is 7. The first-order valence-electron chi connectivity index (χ1n) is 9.46. The summed E-state index contributed by atoms with van der Waals surface area (Å²) in [7, 11) is -3.79. The van der Waals surface area contributed by atoms with Crippen LogP contribution in [-0.2, 0) is 10.0 Å². The maximum absolute atomic E-state index is 12.6. The SMILES string of the molecule is O=C(c1cccc(S(=O)(=O)NC[C@@H](O)CN2CCCC2)c1)N1CCNCC1. The summed E-state index contributed by atoms with van der Waals surface area (Å²) in [6.07, 6.45) is 1.47. The molecule has 2 aliphatic rings. The van der Waals surface area contributed by atoms with Gasteiger partial charge in [0.25, 0.3) is 5.91 Å². The van der Waals surface area contributed by atoms with E-state index in [-0.39, 0.29) is 17.3 Å². The summed E-state index contributed by atoms with van der Waals surface area (Å²) in [5.41, 5.74) is 0.359. The quantitative estimate of drug-likeness (QED) is 0.573. The Kier molecular flexibility index (Phi) is 6.83. The first kappa shape index (κ1) is 20.2. The lowest BCUT2D eigenvalue weighted by Gasteiger charge is -2.27. The molecule has 1 aromatic rings. The molecule has 0 bridgehead atoms. The van der Waals surface area contributed by atoms with Gasteiger partial charge in [-0.2, -0.15) is 0 Å². The number of amides is 1. The molecule has 0 unspecified atom stereocenters. The molecule has 2 saturated heterocycles. The highest BCUT2D eigenvalue weighted by atomic mass is 32.2. The van der Waals surface area contributed by atoms with Crippen LogP contribution in [0.15, 0.2) is 29.2 Å². The fourth-order valence-corrected chi connectivity index (χ4v) is 4.58. The molecule has 150 valence electrons. The van der Waals surface area contributed by atoms with Crippen molar-refractivity contribution in [3.05, 3.63) is 29.8 Å². The van der Waals surface area contributed by atoms with Gasteiger partial charge in [0.1, 0.15) is 0 Å². The number of piperazine rings is 1. The number of β-amino-alcohol motifs (C(OH)–C–C–N with tert-alkyl or cyclic N) is 1. The Morgan fingerprint density at radius 1 is 1.19 bits per heavy atom. The summed E-state index contributed by atoms with van der Waals surface area (Å²) >= 11 is 0. The Labute approximate surface area is 160 Å². The molecule has 3 rings (SSSR count). The fraction of sp³-hybridized carbons (Fsp3) is 0.611. The number of sulfonamides is 1. The number of carbonyl (C=O) groups excluding carboxylic acids is 1. The van der Waals surface area contributed by atoms with Crippen molar-refractivity contribution < 1.29 is 18.3 Å². The predicted molar refractivity (Wildman–Crippen MR) is 102 cm³/mol. The molecule has 0 aromatic heterocycles. The summed E-state index contributed by atoms with van der Waals surface area (Å²) in [6.45, 7) is 4.99. The van der Waals surface area contributed by atoms with E-state index in [1.165, 1.54) is 12.1 Å². The second-order valence-electron chi connectivity index (χ2n) is 7.08. The van der Waals surface area contributed by atoms with E-state index in [9.17, 15) is 18.3 Å². The third-order valence-corrected chi connectivity index (χ3v) is 6.39. The standard InChI is InChI=1S/C18H28N4O4S/c23-16(14-21-8-1-2-9-21)13-20-27(25,26)17-5-3-4-15(12-17)18(24)22-10-6-19-7-11-22/h3-5,12,16,19-20,23H,1-2,6-11,13-14H2/t16-/m1/s1. The largest absolute Gasteiger partial charge is 0.390 e. The number of hydrogen-bond acceptors (Lipinski definition) is 6. The van der Waals surface area contributed by atoms with Crippen molar-refractivity contribution in [2.45, 2.75) is 23.8 Å². The first-order chi connectivity index (χ1) is 13.0. The fourth-order valence-electron chi connectivity index (χ4n) is 3.46. The highest BCUT2D eigenvalue weighted by molar-refractivity contribution is 7.89. The number of aliphatic hydroxyl groups is 1. The molecule has 1 amide bonds. The van der Waals surface area contributed by atoms with E-state index in [4.69, 9.17) is 0 Å². The van der Waals surface area contributed by atoms with Gasteiger partial charge in [0.05, 0.1) is 11.0 Å². The molecule has 0 aliphatic carbocycles. The van der Waals surface area contributed by atoms with Crippen LogP contribution >= 0.6 is 0 Å². The molecule has 2 heterocycles. The number of aliphatic hydroxyl groups excluding tert-OH is 1. The van der Waals surface area contributed by atoms with Crippen molar-refractivity contribution in [3.63, 3.8) is 0 Å². The number of hydrogen-bond donors (Lipinski definition) is 3. The minimum atomic E-state index is -3.79. The monoisotopic (exact) mass is 396 g/mol. The van der Waals surface area contributed by atoms with Gasteiger partial charge in [0.2, 0.25) is 10.0 Å². The van der Waals surface area contributed by atoms with E-state index in [1.54, 1.807) is 17.0 Å². The van der Waals surface area contributed by atoms with Crippen LogP contribution in [0.2, 0.25) is 0 Å². The Morgan fingerprint density at radius 2 is 1.89 bits per heavy atom. The van der Waals surface area contributed by atoms with Gasteiger partial charge in [-0.1, -0.05) is 6.07 Å². The maximum atomic E-state index is 12.6. The average molecular weight is 397 g/mol. The lowest BCUT2D eigenvalue weighted by atomic mass is 10.2. The Balaban J connectivity index is 1.61. The summed E-state index contributed by atoms with van der Waals surface area (Å²) in [6, 6.07) is 6.07. The lowest BCUT2D eigenvalue weighted by Crippen LogP contribution is -2.46. The minimum Gasteiger partial charge on any atom is -0.390 e. The van der Waals surface area contributed by atoms with Gasteiger partial charge in [0.15, 0.2) is 0 Å². The maximum Gasteiger partial charge on any atom is 0.253 e. The first-order valence-corrected chi connectivity index (χ1v) is 10.9. The van der Waals surface area contributed by atoms with Crippen LogP contribution in [0.3, 0.4) is 0 Å². The molecule has 8 nitrogen and oxygen atoms in total. The molecule has 9 heteroatoms. The molecule has 0 saturated carbocycles. The van der Waals surface area contributed by atoms with Crippen molar-refractivity contribution in [1.82, 2.24) is 19.8 Å². The van der Waals surface area contributed by atoms with E-state index < -0.39 is 16.1 Å². The van der Waals surface area contributed by atoms with Crippen LogP contribution in [0.1, 0.15) is 23.2 Å². The van der Waals surface area contributed by atoms with Crippen LogP contribution in [0.4, 0.5) is 0 Å². The van der Waals surface area contributed by atoms with E-state index in [2.05, 4.69) is 14.9 Å². The number of nitrogens with one attached hydrogen (secondary N) is 2. The molecule has 1 atom stereocenters. The zero-order valence-corrected chi connectivity index (χ0v) is 16.2.